The van der Waals surface area contributed by atoms with Crippen LogP contribution in [0.15, 0.2) is 29.2 Å². The zero-order valence-electron chi connectivity index (χ0n) is 12.1. The van der Waals surface area contributed by atoms with Crippen LogP contribution >= 0.6 is 11.8 Å². The minimum Gasteiger partial charge on any atom is -0.316 e. The maximum Gasteiger partial charge on any atom is 0.150 e. The Hall–Kier alpha value is -0.520. The Morgan fingerprint density at radius 3 is 2.85 bits per heavy atom. The first kappa shape index (κ1) is 15.9. The van der Waals surface area contributed by atoms with Gasteiger partial charge < -0.3 is 5.32 Å². The molecule has 1 aromatic rings. The first-order valence-corrected chi connectivity index (χ1v) is 9.91. The van der Waals surface area contributed by atoms with Gasteiger partial charge in [-0.1, -0.05) is 18.6 Å². The van der Waals surface area contributed by atoms with Gasteiger partial charge in [0.15, 0.2) is 0 Å². The molecule has 1 saturated carbocycles. The normalized spacial score (nSPS) is 23.7. The zero-order chi connectivity index (χ0) is 14.6. The molecular weight excluding hydrogens is 290 g/mol. The van der Waals surface area contributed by atoms with Crippen molar-refractivity contribution in [1.29, 1.82) is 0 Å². The minimum atomic E-state index is -2.89. The lowest BCUT2D eigenvalue weighted by molar-refractivity contribution is 0.495. The van der Waals surface area contributed by atoms with Crippen molar-refractivity contribution in [3.63, 3.8) is 0 Å². The van der Waals surface area contributed by atoms with E-state index in [0.717, 1.165) is 32.2 Å². The molecule has 0 aliphatic heterocycles. The Bertz CT molecular complexity index is 543. The van der Waals surface area contributed by atoms with E-state index in [1.807, 2.05) is 18.8 Å². The fourth-order valence-corrected chi connectivity index (χ4v) is 5.40. The van der Waals surface area contributed by atoms with Gasteiger partial charge >= 0.3 is 0 Å². The molecule has 1 aliphatic rings. The van der Waals surface area contributed by atoms with E-state index in [1.165, 1.54) is 16.7 Å². The summed E-state index contributed by atoms with van der Waals surface area (Å²) in [7, 11) is -0.949. The fourth-order valence-electron chi connectivity index (χ4n) is 2.72. The fraction of sp³-hybridized carbons (Fsp3) is 0.600. The van der Waals surface area contributed by atoms with Gasteiger partial charge in [-0.05, 0) is 44.0 Å². The second kappa shape index (κ2) is 6.96. The van der Waals surface area contributed by atoms with Gasteiger partial charge in [0.05, 0.1) is 5.25 Å². The van der Waals surface area contributed by atoms with Crippen molar-refractivity contribution in [3.8, 4) is 0 Å². The lowest BCUT2D eigenvalue weighted by atomic mass is 10.00. The summed E-state index contributed by atoms with van der Waals surface area (Å²) >= 11 is 1.83. The van der Waals surface area contributed by atoms with E-state index in [-0.39, 0.29) is 5.25 Å². The number of hydrogen-bond donors (Lipinski definition) is 1. The predicted octanol–water partition coefficient (Wildman–Crippen LogP) is 2.85. The number of nitrogens with one attached hydrogen (secondary N) is 1. The predicted molar refractivity (Wildman–Crippen MR) is 86.0 cm³/mol. The van der Waals surface area contributed by atoms with Crippen LogP contribution < -0.4 is 5.32 Å². The van der Waals surface area contributed by atoms with Crippen molar-refractivity contribution in [3.05, 3.63) is 29.8 Å². The second-order valence-corrected chi connectivity index (χ2v) is 9.24. The third-order valence-electron chi connectivity index (χ3n) is 3.77. The van der Waals surface area contributed by atoms with E-state index in [2.05, 4.69) is 29.6 Å². The summed E-state index contributed by atoms with van der Waals surface area (Å²) in [5.74, 6) is 0. The SMILES string of the molecule is CNCc1cccc(SC2CCCC(S(C)(=O)=O)C2)c1. The smallest absolute Gasteiger partial charge is 0.150 e. The third-order valence-corrected chi connectivity index (χ3v) is 6.69. The van der Waals surface area contributed by atoms with Gasteiger partial charge in [-0.2, -0.15) is 0 Å². The molecular formula is C15H23NO2S2. The highest BCUT2D eigenvalue weighted by molar-refractivity contribution is 8.00. The van der Waals surface area contributed by atoms with Crippen molar-refractivity contribution < 1.29 is 8.42 Å². The number of hydrogen-bond acceptors (Lipinski definition) is 4. The summed E-state index contributed by atoms with van der Waals surface area (Å²) in [4.78, 5) is 1.25. The van der Waals surface area contributed by atoms with E-state index in [4.69, 9.17) is 0 Å². The molecule has 2 unspecified atom stereocenters. The molecule has 0 amide bonds. The molecule has 20 heavy (non-hydrogen) atoms. The summed E-state index contributed by atoms with van der Waals surface area (Å²) in [6, 6.07) is 8.51. The highest BCUT2D eigenvalue weighted by Gasteiger charge is 2.29. The van der Waals surface area contributed by atoms with E-state index < -0.39 is 9.84 Å². The average molecular weight is 313 g/mol. The van der Waals surface area contributed by atoms with Gasteiger partial charge in [0.25, 0.3) is 0 Å². The maximum atomic E-state index is 11.7. The average Bonchev–Trinajstić information content (AvgIpc) is 2.39. The van der Waals surface area contributed by atoms with Gasteiger partial charge in [0, 0.05) is 22.9 Å². The molecule has 112 valence electrons. The first-order chi connectivity index (χ1) is 9.49. The molecule has 1 aromatic carbocycles. The van der Waals surface area contributed by atoms with Crippen LogP contribution in [0.5, 0.6) is 0 Å². The molecule has 2 rings (SSSR count). The standard InChI is InChI=1S/C15H23NO2S2/c1-16-11-12-5-3-6-13(9-12)19-14-7-4-8-15(10-14)20(2,17)18/h3,5-6,9,14-16H,4,7-8,10-11H2,1-2H3. The lowest BCUT2D eigenvalue weighted by Gasteiger charge is -2.27. The molecule has 0 bridgehead atoms. The Labute approximate surface area is 126 Å². The van der Waals surface area contributed by atoms with Crippen LogP contribution in [0.3, 0.4) is 0 Å². The first-order valence-electron chi connectivity index (χ1n) is 7.08. The van der Waals surface area contributed by atoms with Gasteiger partial charge in [0.2, 0.25) is 0 Å². The summed E-state index contributed by atoms with van der Waals surface area (Å²) < 4.78 is 23.4. The topological polar surface area (TPSA) is 46.2 Å². The van der Waals surface area contributed by atoms with Crippen LogP contribution in [-0.2, 0) is 16.4 Å². The largest absolute Gasteiger partial charge is 0.316 e. The van der Waals surface area contributed by atoms with Crippen LogP contribution in [0.4, 0.5) is 0 Å². The molecule has 2 atom stereocenters. The highest BCUT2D eigenvalue weighted by Crippen LogP contribution is 2.36. The molecule has 1 N–H and O–H groups in total. The van der Waals surface area contributed by atoms with Crippen molar-refractivity contribution in [1.82, 2.24) is 5.32 Å². The zero-order valence-corrected chi connectivity index (χ0v) is 13.8. The van der Waals surface area contributed by atoms with Crippen molar-refractivity contribution in [2.45, 2.75) is 47.6 Å². The van der Waals surface area contributed by atoms with Gasteiger partial charge in [0.1, 0.15) is 9.84 Å². The lowest BCUT2D eigenvalue weighted by Crippen LogP contribution is -2.28. The summed E-state index contributed by atoms with van der Waals surface area (Å²) in [5.41, 5.74) is 1.27. The summed E-state index contributed by atoms with van der Waals surface area (Å²) in [6.45, 7) is 0.866. The molecule has 0 aromatic heterocycles. The van der Waals surface area contributed by atoms with Crippen molar-refractivity contribution >= 4 is 21.6 Å². The van der Waals surface area contributed by atoms with E-state index in [9.17, 15) is 8.42 Å². The van der Waals surface area contributed by atoms with Gasteiger partial charge in [-0.15, -0.1) is 11.8 Å². The third kappa shape index (κ3) is 4.50. The Morgan fingerprint density at radius 2 is 2.15 bits per heavy atom. The van der Waals surface area contributed by atoms with Crippen LogP contribution in [0, 0.1) is 0 Å². The van der Waals surface area contributed by atoms with Gasteiger partial charge in [-0.3, -0.25) is 0 Å². The monoisotopic (exact) mass is 313 g/mol. The Balaban J connectivity index is 2.00. The minimum absolute atomic E-state index is 0.144. The molecule has 3 nitrogen and oxygen atoms in total. The van der Waals surface area contributed by atoms with Crippen molar-refractivity contribution in [2.24, 2.45) is 0 Å². The molecule has 1 aliphatic carbocycles. The molecule has 1 fully saturated rings. The number of sulfone groups is 1. The number of rotatable bonds is 5. The summed E-state index contributed by atoms with van der Waals surface area (Å²) in [5, 5.41) is 3.43. The van der Waals surface area contributed by atoms with E-state index >= 15 is 0 Å². The number of thioether (sulfide) groups is 1. The van der Waals surface area contributed by atoms with E-state index in [1.54, 1.807) is 0 Å². The van der Waals surface area contributed by atoms with E-state index in [0.29, 0.717) is 5.25 Å². The second-order valence-electron chi connectivity index (χ2n) is 5.54. The molecule has 0 heterocycles. The Morgan fingerprint density at radius 1 is 1.35 bits per heavy atom. The van der Waals surface area contributed by atoms with Crippen molar-refractivity contribution in [2.75, 3.05) is 13.3 Å². The molecule has 0 spiro atoms. The number of benzene rings is 1. The summed E-state index contributed by atoms with van der Waals surface area (Å²) in [6.07, 6.45) is 5.13. The molecule has 0 saturated heterocycles. The van der Waals surface area contributed by atoms with Crippen LogP contribution in [0.2, 0.25) is 0 Å². The molecule has 0 radical (unpaired) electrons. The van der Waals surface area contributed by atoms with Gasteiger partial charge in [-0.25, -0.2) is 8.42 Å². The molecule has 5 heteroatoms. The quantitative estimate of drug-likeness (QED) is 0.908. The van der Waals surface area contributed by atoms with Crippen LogP contribution in [0.25, 0.3) is 0 Å². The highest BCUT2D eigenvalue weighted by atomic mass is 32.2. The van der Waals surface area contributed by atoms with Crippen LogP contribution in [-0.4, -0.2) is 32.2 Å². The van der Waals surface area contributed by atoms with Crippen LogP contribution in [0.1, 0.15) is 31.2 Å². The maximum absolute atomic E-state index is 11.7. The Kier molecular flexibility index (Phi) is 5.52.